The van der Waals surface area contributed by atoms with Crippen LogP contribution in [0.5, 0.6) is 0 Å². The van der Waals surface area contributed by atoms with Gasteiger partial charge in [-0.25, -0.2) is 4.79 Å². The van der Waals surface area contributed by atoms with Crippen LogP contribution in [0.3, 0.4) is 0 Å². The summed E-state index contributed by atoms with van der Waals surface area (Å²) in [6, 6.07) is -0.572. The normalized spacial score (nSPS) is 11.5. The fourth-order valence-corrected chi connectivity index (χ4v) is 1.32. The van der Waals surface area contributed by atoms with Crippen molar-refractivity contribution in [3.63, 3.8) is 0 Å². The summed E-state index contributed by atoms with van der Waals surface area (Å²) in [5, 5.41) is 0. The van der Waals surface area contributed by atoms with Crippen LogP contribution in [0.2, 0.25) is 0 Å². The van der Waals surface area contributed by atoms with Gasteiger partial charge in [0.05, 0.1) is 19.8 Å². The van der Waals surface area contributed by atoms with E-state index < -0.39 is 12.1 Å². The lowest BCUT2D eigenvalue weighted by atomic mass is 10.1. The fraction of sp³-hybridized carbons (Fsp3) is 0.727. The van der Waals surface area contributed by atoms with E-state index in [-0.39, 0.29) is 12.4 Å². The first-order chi connectivity index (χ1) is 8.06. The van der Waals surface area contributed by atoms with E-state index >= 15 is 0 Å². The first-order valence-electron chi connectivity index (χ1n) is 5.48. The van der Waals surface area contributed by atoms with Crippen LogP contribution in [-0.2, 0) is 19.1 Å². The maximum absolute atomic E-state index is 11.2. The lowest BCUT2D eigenvalue weighted by Crippen LogP contribution is -2.38. The molecule has 0 rings (SSSR count). The predicted octanol–water partition coefficient (Wildman–Crippen LogP) is 0.986. The van der Waals surface area contributed by atoms with Crippen LogP contribution < -0.4 is 0 Å². The highest BCUT2D eigenvalue weighted by Gasteiger charge is 2.19. The molecule has 0 aromatic heterocycles. The zero-order valence-electron chi connectivity index (χ0n) is 10.5. The molecule has 0 radical (unpaired) electrons. The number of ether oxygens (including phenoxy) is 2. The van der Waals surface area contributed by atoms with E-state index in [4.69, 9.17) is 4.74 Å². The largest absolute Gasteiger partial charge is 0.466 e. The van der Waals surface area contributed by atoms with Crippen molar-refractivity contribution in [2.75, 3.05) is 20.8 Å². The number of esters is 1. The fourth-order valence-electron chi connectivity index (χ4n) is 1.32. The van der Waals surface area contributed by atoms with Crippen LogP contribution in [0.4, 0.5) is 4.79 Å². The summed E-state index contributed by atoms with van der Waals surface area (Å²) in [6.45, 7) is 2.08. The van der Waals surface area contributed by atoms with Gasteiger partial charge >= 0.3 is 12.1 Å². The van der Waals surface area contributed by atoms with Gasteiger partial charge in [0.25, 0.3) is 0 Å². The molecule has 0 spiro atoms. The van der Waals surface area contributed by atoms with Gasteiger partial charge in [-0.1, -0.05) is 0 Å². The Morgan fingerprint density at radius 3 is 2.53 bits per heavy atom. The maximum atomic E-state index is 11.2. The molecule has 98 valence electrons. The van der Waals surface area contributed by atoms with E-state index in [1.165, 1.54) is 19.1 Å². The Bertz CT molecular complexity index is 267. The topological polar surface area (TPSA) is 72.9 Å². The average Bonchev–Trinajstić information content (AvgIpc) is 2.33. The van der Waals surface area contributed by atoms with Gasteiger partial charge in [-0.3, -0.25) is 4.79 Å². The van der Waals surface area contributed by atoms with Gasteiger partial charge in [0.15, 0.2) is 0 Å². The minimum absolute atomic E-state index is 0.243. The van der Waals surface area contributed by atoms with Gasteiger partial charge < -0.3 is 19.2 Å². The molecule has 6 heteroatoms. The van der Waals surface area contributed by atoms with Crippen LogP contribution in [0.15, 0.2) is 0 Å². The standard InChI is InChI=1S/C11H19NO5/c1-4-17-10(14)7-5-6-9(8-13)12(2)11(15)16-3/h8-9H,4-7H2,1-3H3. The van der Waals surface area contributed by atoms with Gasteiger partial charge in [0.1, 0.15) is 6.29 Å². The Kier molecular flexibility index (Phi) is 7.75. The monoisotopic (exact) mass is 245 g/mol. The SMILES string of the molecule is CCOC(=O)CCCC(C=O)N(C)C(=O)OC. The first kappa shape index (κ1) is 15.4. The zero-order valence-corrected chi connectivity index (χ0v) is 10.5. The molecule has 1 unspecified atom stereocenters. The molecule has 0 aromatic rings. The second-order valence-corrected chi connectivity index (χ2v) is 3.48. The van der Waals surface area contributed by atoms with Crippen molar-refractivity contribution in [2.24, 2.45) is 0 Å². The number of hydrogen-bond acceptors (Lipinski definition) is 5. The molecule has 0 saturated carbocycles. The number of methoxy groups -OCH3 is 1. The molecule has 1 amide bonds. The number of carbonyl (C=O) groups excluding carboxylic acids is 3. The highest BCUT2D eigenvalue weighted by atomic mass is 16.5. The Labute approximate surface area is 101 Å². The van der Waals surface area contributed by atoms with Crippen molar-refractivity contribution < 1.29 is 23.9 Å². The van der Waals surface area contributed by atoms with Crippen molar-refractivity contribution >= 4 is 18.3 Å². The highest BCUT2D eigenvalue weighted by Crippen LogP contribution is 2.07. The quantitative estimate of drug-likeness (QED) is 0.494. The lowest BCUT2D eigenvalue weighted by molar-refractivity contribution is -0.143. The van der Waals surface area contributed by atoms with Crippen molar-refractivity contribution in [1.29, 1.82) is 0 Å². The number of nitrogens with zero attached hydrogens (tertiary/aromatic N) is 1. The number of hydrogen-bond donors (Lipinski definition) is 0. The summed E-state index contributed by atoms with van der Waals surface area (Å²) in [5.41, 5.74) is 0. The Morgan fingerprint density at radius 1 is 1.41 bits per heavy atom. The van der Waals surface area contributed by atoms with E-state index in [1.54, 1.807) is 6.92 Å². The predicted molar refractivity (Wildman–Crippen MR) is 60.5 cm³/mol. The summed E-state index contributed by atoms with van der Waals surface area (Å²) in [6.07, 6.45) is 1.24. The lowest BCUT2D eigenvalue weighted by Gasteiger charge is -2.21. The van der Waals surface area contributed by atoms with Gasteiger partial charge in [0.2, 0.25) is 0 Å². The molecule has 0 heterocycles. The average molecular weight is 245 g/mol. The highest BCUT2D eigenvalue weighted by molar-refractivity contribution is 5.73. The molecule has 0 N–H and O–H groups in total. The van der Waals surface area contributed by atoms with Crippen LogP contribution in [-0.4, -0.2) is 50.1 Å². The number of rotatable bonds is 7. The summed E-state index contributed by atoms with van der Waals surface area (Å²) < 4.78 is 9.25. The second kappa shape index (κ2) is 8.55. The van der Waals surface area contributed by atoms with Crippen molar-refractivity contribution in [1.82, 2.24) is 4.90 Å². The number of aldehydes is 1. The third kappa shape index (κ3) is 5.89. The third-order valence-corrected chi connectivity index (χ3v) is 2.30. The summed E-state index contributed by atoms with van der Waals surface area (Å²) in [5.74, 6) is -0.294. The summed E-state index contributed by atoms with van der Waals surface area (Å²) >= 11 is 0. The number of likely N-dealkylation sites (N-methyl/N-ethyl adjacent to an activating group) is 1. The molecular formula is C11H19NO5. The Morgan fingerprint density at radius 2 is 2.06 bits per heavy atom. The molecule has 0 aliphatic carbocycles. The number of carbonyl (C=O) groups is 3. The van der Waals surface area contributed by atoms with Crippen molar-refractivity contribution in [2.45, 2.75) is 32.2 Å². The molecule has 0 saturated heterocycles. The van der Waals surface area contributed by atoms with E-state index in [1.807, 2.05) is 0 Å². The molecule has 0 aliphatic heterocycles. The van der Waals surface area contributed by atoms with Gasteiger partial charge in [-0.05, 0) is 19.8 Å². The summed E-state index contributed by atoms with van der Waals surface area (Å²) in [7, 11) is 2.73. The number of amides is 1. The first-order valence-corrected chi connectivity index (χ1v) is 5.48. The van der Waals surface area contributed by atoms with Crippen LogP contribution in [0.1, 0.15) is 26.2 Å². The van der Waals surface area contributed by atoms with Gasteiger partial charge in [-0.15, -0.1) is 0 Å². The molecular weight excluding hydrogens is 226 g/mol. The molecule has 0 bridgehead atoms. The van der Waals surface area contributed by atoms with E-state index in [9.17, 15) is 14.4 Å². The van der Waals surface area contributed by atoms with E-state index in [0.717, 1.165) is 0 Å². The van der Waals surface area contributed by atoms with Gasteiger partial charge in [-0.2, -0.15) is 0 Å². The molecule has 6 nitrogen and oxygen atoms in total. The Balaban J connectivity index is 4.02. The third-order valence-electron chi connectivity index (χ3n) is 2.30. The second-order valence-electron chi connectivity index (χ2n) is 3.48. The van der Waals surface area contributed by atoms with Crippen LogP contribution in [0.25, 0.3) is 0 Å². The van der Waals surface area contributed by atoms with Crippen LogP contribution in [0, 0.1) is 0 Å². The molecule has 0 aromatic carbocycles. The van der Waals surface area contributed by atoms with Crippen molar-refractivity contribution in [3.8, 4) is 0 Å². The van der Waals surface area contributed by atoms with Gasteiger partial charge in [0, 0.05) is 13.5 Å². The minimum Gasteiger partial charge on any atom is -0.466 e. The molecule has 17 heavy (non-hydrogen) atoms. The smallest absolute Gasteiger partial charge is 0.409 e. The van der Waals surface area contributed by atoms with E-state index in [2.05, 4.69) is 4.74 Å². The molecule has 0 fully saturated rings. The Hall–Kier alpha value is -1.59. The van der Waals surface area contributed by atoms with Crippen molar-refractivity contribution in [3.05, 3.63) is 0 Å². The zero-order chi connectivity index (χ0) is 13.3. The maximum Gasteiger partial charge on any atom is 0.409 e. The molecule has 0 aliphatic rings. The minimum atomic E-state index is -0.572. The molecule has 1 atom stereocenters. The van der Waals surface area contributed by atoms with E-state index in [0.29, 0.717) is 25.7 Å². The van der Waals surface area contributed by atoms with Crippen LogP contribution >= 0.6 is 0 Å². The summed E-state index contributed by atoms with van der Waals surface area (Å²) in [4.78, 5) is 34.2.